The zero-order valence-corrected chi connectivity index (χ0v) is 14.5. The van der Waals surface area contributed by atoms with E-state index in [4.69, 9.17) is 4.98 Å². The number of fused-ring (bicyclic) bond motifs is 1. The summed E-state index contributed by atoms with van der Waals surface area (Å²) in [6.07, 6.45) is 4.55. The van der Waals surface area contributed by atoms with E-state index in [2.05, 4.69) is 63.1 Å². The second kappa shape index (κ2) is 7.15. The van der Waals surface area contributed by atoms with Crippen LogP contribution >= 0.6 is 0 Å². The number of hydrogen-bond acceptors (Lipinski definition) is 5. The van der Waals surface area contributed by atoms with E-state index in [9.17, 15) is 0 Å². The summed E-state index contributed by atoms with van der Waals surface area (Å²) in [5, 5.41) is 0. The van der Waals surface area contributed by atoms with Crippen molar-refractivity contribution < 1.29 is 0 Å². The van der Waals surface area contributed by atoms with Gasteiger partial charge in [0.25, 0.3) is 0 Å². The van der Waals surface area contributed by atoms with Crippen LogP contribution in [0.1, 0.15) is 18.9 Å². The van der Waals surface area contributed by atoms with Gasteiger partial charge in [0, 0.05) is 44.6 Å². The Morgan fingerprint density at radius 2 is 1.84 bits per heavy atom. The number of rotatable bonds is 3. The Bertz CT molecular complexity index is 836. The third-order valence-electron chi connectivity index (χ3n) is 4.79. The van der Waals surface area contributed by atoms with Gasteiger partial charge >= 0.3 is 0 Å². The molecule has 0 aliphatic carbocycles. The SMILES string of the molecule is CC1CN(Cc2ccccc2)CCCN1c1ccc2nccnc2n1. The standard InChI is InChI=1S/C20H23N5/c1-16-14-24(15-17-6-3-2-4-7-17)12-5-13-25(16)19-9-8-18-20(23-19)22-11-10-21-18/h2-4,6-11,16H,5,12-15H2,1H3. The van der Waals surface area contributed by atoms with E-state index in [0.29, 0.717) is 6.04 Å². The highest BCUT2D eigenvalue weighted by Crippen LogP contribution is 2.21. The van der Waals surface area contributed by atoms with Gasteiger partial charge in [-0.1, -0.05) is 30.3 Å². The number of aromatic nitrogens is 3. The Balaban J connectivity index is 1.51. The predicted octanol–water partition coefficient (Wildman–Crippen LogP) is 3.13. The van der Waals surface area contributed by atoms with Gasteiger partial charge in [-0.25, -0.2) is 9.97 Å². The summed E-state index contributed by atoms with van der Waals surface area (Å²) >= 11 is 0. The van der Waals surface area contributed by atoms with Crippen molar-refractivity contribution >= 4 is 17.0 Å². The van der Waals surface area contributed by atoms with Gasteiger partial charge in [-0.3, -0.25) is 9.88 Å². The van der Waals surface area contributed by atoms with Crippen LogP contribution in [0, 0.1) is 0 Å². The smallest absolute Gasteiger partial charge is 0.180 e. The van der Waals surface area contributed by atoms with E-state index in [1.807, 2.05) is 6.07 Å². The van der Waals surface area contributed by atoms with Crippen LogP contribution < -0.4 is 4.90 Å². The lowest BCUT2D eigenvalue weighted by atomic mass is 10.2. The normalized spacial score (nSPS) is 19.1. The minimum Gasteiger partial charge on any atom is -0.353 e. The first kappa shape index (κ1) is 16.0. The van der Waals surface area contributed by atoms with Crippen molar-refractivity contribution in [3.05, 3.63) is 60.4 Å². The van der Waals surface area contributed by atoms with Crippen LogP contribution in [0.2, 0.25) is 0 Å². The van der Waals surface area contributed by atoms with Crippen molar-refractivity contribution in [3.8, 4) is 0 Å². The van der Waals surface area contributed by atoms with Crippen molar-refractivity contribution in [1.82, 2.24) is 19.9 Å². The van der Waals surface area contributed by atoms with Crippen LogP contribution in [0.25, 0.3) is 11.2 Å². The maximum absolute atomic E-state index is 4.73. The topological polar surface area (TPSA) is 45.2 Å². The molecule has 0 saturated carbocycles. The van der Waals surface area contributed by atoms with Crippen molar-refractivity contribution in [2.75, 3.05) is 24.5 Å². The summed E-state index contributed by atoms with van der Waals surface area (Å²) in [5.41, 5.74) is 2.94. The Kier molecular flexibility index (Phi) is 4.57. The third kappa shape index (κ3) is 3.61. The summed E-state index contributed by atoms with van der Waals surface area (Å²) in [5.74, 6) is 1.00. The molecule has 1 unspecified atom stereocenters. The van der Waals surface area contributed by atoms with Crippen LogP contribution in [0.4, 0.5) is 5.82 Å². The molecule has 0 amide bonds. The molecule has 1 aliphatic rings. The Labute approximate surface area is 148 Å². The number of pyridine rings is 1. The van der Waals surface area contributed by atoms with Gasteiger partial charge in [0.05, 0.1) is 0 Å². The minimum atomic E-state index is 0.410. The van der Waals surface area contributed by atoms with Gasteiger partial charge in [-0.05, 0) is 31.0 Å². The fourth-order valence-corrected chi connectivity index (χ4v) is 3.58. The lowest BCUT2D eigenvalue weighted by molar-refractivity contribution is 0.268. The number of hydrogen-bond donors (Lipinski definition) is 0. The third-order valence-corrected chi connectivity index (χ3v) is 4.79. The highest BCUT2D eigenvalue weighted by atomic mass is 15.3. The Morgan fingerprint density at radius 1 is 1.00 bits per heavy atom. The summed E-state index contributed by atoms with van der Waals surface area (Å²) in [6, 6.07) is 15.2. The number of nitrogens with zero attached hydrogens (tertiary/aromatic N) is 5. The van der Waals surface area contributed by atoms with Gasteiger partial charge in [-0.15, -0.1) is 0 Å². The second-order valence-electron chi connectivity index (χ2n) is 6.69. The van der Waals surface area contributed by atoms with Crippen molar-refractivity contribution in [2.45, 2.75) is 25.9 Å². The van der Waals surface area contributed by atoms with Gasteiger partial charge in [-0.2, -0.15) is 0 Å². The Morgan fingerprint density at radius 3 is 2.72 bits per heavy atom. The van der Waals surface area contributed by atoms with Gasteiger partial charge in [0.1, 0.15) is 11.3 Å². The van der Waals surface area contributed by atoms with E-state index in [0.717, 1.165) is 49.6 Å². The number of anilines is 1. The summed E-state index contributed by atoms with van der Waals surface area (Å²) in [4.78, 5) is 18.3. The average Bonchev–Trinajstić information content (AvgIpc) is 2.83. The molecule has 1 aliphatic heterocycles. The van der Waals surface area contributed by atoms with Crippen molar-refractivity contribution in [2.24, 2.45) is 0 Å². The molecule has 1 aromatic carbocycles. The monoisotopic (exact) mass is 333 g/mol. The molecule has 5 heteroatoms. The van der Waals surface area contributed by atoms with Crippen LogP contribution in [0.3, 0.4) is 0 Å². The molecular weight excluding hydrogens is 310 g/mol. The van der Waals surface area contributed by atoms with E-state index < -0.39 is 0 Å². The molecule has 0 N–H and O–H groups in total. The second-order valence-corrected chi connectivity index (χ2v) is 6.69. The maximum Gasteiger partial charge on any atom is 0.180 e. The molecule has 128 valence electrons. The molecule has 25 heavy (non-hydrogen) atoms. The lowest BCUT2D eigenvalue weighted by Gasteiger charge is -2.30. The molecule has 0 spiro atoms. The first-order valence-electron chi connectivity index (χ1n) is 8.90. The molecule has 2 aromatic heterocycles. The Hall–Kier alpha value is -2.53. The molecule has 1 fully saturated rings. The highest BCUT2D eigenvalue weighted by Gasteiger charge is 2.23. The fourth-order valence-electron chi connectivity index (χ4n) is 3.58. The predicted molar refractivity (Wildman–Crippen MR) is 100 cm³/mol. The van der Waals surface area contributed by atoms with Crippen molar-refractivity contribution in [1.29, 1.82) is 0 Å². The van der Waals surface area contributed by atoms with Crippen molar-refractivity contribution in [3.63, 3.8) is 0 Å². The molecule has 3 heterocycles. The number of benzene rings is 1. The molecular formula is C20H23N5. The fraction of sp³-hybridized carbons (Fsp3) is 0.350. The van der Waals surface area contributed by atoms with Crippen LogP contribution in [-0.4, -0.2) is 45.5 Å². The van der Waals surface area contributed by atoms with Gasteiger partial charge in [0.15, 0.2) is 5.65 Å². The van der Waals surface area contributed by atoms with E-state index in [-0.39, 0.29) is 0 Å². The van der Waals surface area contributed by atoms with Crippen LogP contribution in [0.5, 0.6) is 0 Å². The van der Waals surface area contributed by atoms with Gasteiger partial charge < -0.3 is 4.90 Å². The zero-order chi connectivity index (χ0) is 17.1. The maximum atomic E-state index is 4.73. The average molecular weight is 333 g/mol. The van der Waals surface area contributed by atoms with E-state index in [1.54, 1.807) is 12.4 Å². The lowest BCUT2D eigenvalue weighted by Crippen LogP contribution is -2.39. The molecule has 1 saturated heterocycles. The molecule has 4 rings (SSSR count). The largest absolute Gasteiger partial charge is 0.353 e. The first-order chi connectivity index (χ1) is 12.3. The zero-order valence-electron chi connectivity index (χ0n) is 14.5. The highest BCUT2D eigenvalue weighted by molar-refractivity contribution is 5.71. The molecule has 5 nitrogen and oxygen atoms in total. The van der Waals surface area contributed by atoms with Gasteiger partial charge in [0.2, 0.25) is 0 Å². The molecule has 0 bridgehead atoms. The van der Waals surface area contributed by atoms with E-state index >= 15 is 0 Å². The first-order valence-corrected chi connectivity index (χ1v) is 8.90. The summed E-state index contributed by atoms with van der Waals surface area (Å²) in [7, 11) is 0. The molecule has 0 radical (unpaired) electrons. The minimum absolute atomic E-state index is 0.410. The molecule has 3 aromatic rings. The summed E-state index contributed by atoms with van der Waals surface area (Å²) < 4.78 is 0. The van der Waals surface area contributed by atoms with Crippen LogP contribution in [0.15, 0.2) is 54.9 Å². The van der Waals surface area contributed by atoms with E-state index in [1.165, 1.54) is 5.56 Å². The molecule has 1 atom stereocenters. The quantitative estimate of drug-likeness (QED) is 0.737. The van der Waals surface area contributed by atoms with Crippen LogP contribution in [-0.2, 0) is 6.54 Å². The summed E-state index contributed by atoms with van der Waals surface area (Å²) in [6.45, 7) is 6.46.